The third-order valence-corrected chi connectivity index (χ3v) is 6.75. The van der Waals surface area contributed by atoms with Gasteiger partial charge in [0, 0.05) is 55.3 Å². The maximum atomic E-state index is 10.6. The van der Waals surface area contributed by atoms with Crippen LogP contribution >= 0.6 is 11.3 Å². The molecule has 10 nitrogen and oxygen atoms in total. The predicted octanol–water partition coefficient (Wildman–Crippen LogP) is 3.48. The highest BCUT2D eigenvalue weighted by Crippen LogP contribution is 2.44. The number of rotatable bonds is 5. The maximum Gasteiger partial charge on any atom is 0.490 e. The number of thiazole rings is 1. The van der Waals surface area contributed by atoms with Gasteiger partial charge in [-0.05, 0) is 26.5 Å². The highest BCUT2D eigenvalue weighted by molar-refractivity contribution is 7.09. The number of likely N-dealkylation sites (tertiary alicyclic amines) is 1. The van der Waals surface area contributed by atoms with E-state index in [9.17, 15) is 26.3 Å². The molecule has 0 unspecified atom stereocenters. The van der Waals surface area contributed by atoms with Crippen LogP contribution in [0.3, 0.4) is 0 Å². The zero-order chi connectivity index (χ0) is 29.4. The van der Waals surface area contributed by atoms with Gasteiger partial charge in [0.15, 0.2) is 0 Å². The van der Waals surface area contributed by atoms with E-state index in [1.807, 2.05) is 25.4 Å². The summed E-state index contributed by atoms with van der Waals surface area (Å²) in [6.45, 7) is 7.72. The third-order valence-electron chi connectivity index (χ3n) is 5.92. The molecule has 39 heavy (non-hydrogen) atoms. The molecular weight excluding hydrogens is 560 g/mol. The van der Waals surface area contributed by atoms with Crippen molar-refractivity contribution in [2.24, 2.45) is 11.3 Å². The minimum atomic E-state index is -5.08. The summed E-state index contributed by atoms with van der Waals surface area (Å²) in [5, 5.41) is 17.4. The first-order chi connectivity index (χ1) is 18.0. The smallest absolute Gasteiger partial charge is 0.475 e. The van der Waals surface area contributed by atoms with Gasteiger partial charge < -0.3 is 24.7 Å². The zero-order valence-electron chi connectivity index (χ0n) is 20.9. The molecule has 2 saturated heterocycles. The lowest BCUT2D eigenvalue weighted by molar-refractivity contribution is -0.193. The SMILES string of the molecule is Cc1nc(COC[C@@H]2CN(C)C[C@@]23CCN(c2ncccn2)C3)cs1.O=C(O)C(F)(F)F.O=C(O)C(F)(F)F. The molecule has 0 radical (unpaired) electrons. The van der Waals surface area contributed by atoms with E-state index in [4.69, 9.17) is 24.5 Å². The summed E-state index contributed by atoms with van der Waals surface area (Å²) in [6.07, 6.45) is -5.34. The highest BCUT2D eigenvalue weighted by Gasteiger charge is 2.50. The minimum absolute atomic E-state index is 0.284. The van der Waals surface area contributed by atoms with Crippen LogP contribution < -0.4 is 4.90 Å². The number of anilines is 1. The number of carboxylic acids is 2. The Morgan fingerprint density at radius 3 is 2.15 bits per heavy atom. The molecule has 2 aliphatic rings. The van der Waals surface area contributed by atoms with Crippen molar-refractivity contribution in [1.82, 2.24) is 19.9 Å². The average Bonchev–Trinajstić information content (AvgIpc) is 3.53. The van der Waals surface area contributed by atoms with E-state index in [1.165, 1.54) is 6.42 Å². The molecule has 2 aromatic heterocycles. The Morgan fingerprint density at radius 2 is 1.67 bits per heavy atom. The quantitative estimate of drug-likeness (QED) is 0.502. The van der Waals surface area contributed by atoms with Crippen LogP contribution in [0.1, 0.15) is 17.1 Å². The molecule has 0 aromatic carbocycles. The summed E-state index contributed by atoms with van der Waals surface area (Å²) >= 11 is 1.68. The third kappa shape index (κ3) is 9.89. The van der Waals surface area contributed by atoms with Gasteiger partial charge in [0.2, 0.25) is 5.95 Å². The second-order valence-electron chi connectivity index (χ2n) is 8.96. The minimum Gasteiger partial charge on any atom is -0.475 e. The van der Waals surface area contributed by atoms with Crippen molar-refractivity contribution in [1.29, 1.82) is 0 Å². The highest BCUT2D eigenvalue weighted by atomic mass is 32.1. The number of halogens is 6. The Kier molecular flexibility index (Phi) is 11.0. The standard InChI is InChI=1S/C18H25N5OS.2C2HF3O2/c1-14-21-16(11-25-14)10-24-9-15-8-22(2)12-18(15)4-7-23(13-18)17-19-5-3-6-20-17;2*3-2(4,5)1(6)7/h3,5-6,11,15H,4,7-10,12-13H2,1-2H3;2*(H,6,7)/t15-,18+;;/m0../s1. The summed E-state index contributed by atoms with van der Waals surface area (Å²) in [5.74, 6) is -4.11. The fraction of sp³-hybridized carbons (Fsp3) is 0.591. The number of aliphatic carboxylic acids is 2. The number of ether oxygens (including phenoxy) is 1. The number of carboxylic acid groups (broad SMARTS) is 2. The van der Waals surface area contributed by atoms with Crippen molar-refractivity contribution in [3.8, 4) is 0 Å². The summed E-state index contributed by atoms with van der Waals surface area (Å²) in [6, 6.07) is 1.87. The average molecular weight is 588 g/mol. The number of nitrogens with zero attached hydrogens (tertiary/aromatic N) is 5. The van der Waals surface area contributed by atoms with Gasteiger partial charge in [-0.3, -0.25) is 0 Å². The van der Waals surface area contributed by atoms with Crippen LogP contribution in [0.2, 0.25) is 0 Å². The molecule has 2 aliphatic heterocycles. The number of carbonyl (C=O) groups is 2. The van der Waals surface area contributed by atoms with Gasteiger partial charge >= 0.3 is 24.3 Å². The number of aromatic nitrogens is 3. The second kappa shape index (κ2) is 13.3. The molecule has 0 saturated carbocycles. The molecule has 218 valence electrons. The van der Waals surface area contributed by atoms with Crippen LogP contribution in [0.5, 0.6) is 0 Å². The van der Waals surface area contributed by atoms with E-state index < -0.39 is 24.3 Å². The van der Waals surface area contributed by atoms with Crippen LogP contribution in [0.25, 0.3) is 0 Å². The normalized spacial score (nSPS) is 21.2. The molecule has 2 N–H and O–H groups in total. The Labute approximate surface area is 223 Å². The largest absolute Gasteiger partial charge is 0.490 e. The first-order valence-corrected chi connectivity index (χ1v) is 12.2. The molecule has 0 amide bonds. The van der Waals surface area contributed by atoms with E-state index in [0.717, 1.165) is 49.4 Å². The van der Waals surface area contributed by atoms with Gasteiger partial charge in [-0.2, -0.15) is 26.3 Å². The fourth-order valence-electron chi connectivity index (χ4n) is 4.29. The Bertz CT molecular complexity index is 1060. The molecule has 4 rings (SSSR count). The van der Waals surface area contributed by atoms with Gasteiger partial charge in [-0.1, -0.05) is 0 Å². The molecule has 4 heterocycles. The molecule has 2 fully saturated rings. The van der Waals surface area contributed by atoms with Crippen LogP contribution in [-0.4, -0.2) is 94.2 Å². The van der Waals surface area contributed by atoms with Gasteiger partial charge in [-0.25, -0.2) is 24.5 Å². The lowest BCUT2D eigenvalue weighted by Crippen LogP contribution is -2.36. The number of aryl methyl sites for hydroxylation is 1. The fourth-order valence-corrected chi connectivity index (χ4v) is 4.89. The number of hydrogen-bond donors (Lipinski definition) is 2. The first kappa shape index (κ1) is 32.2. The summed E-state index contributed by atoms with van der Waals surface area (Å²) < 4.78 is 69.5. The van der Waals surface area contributed by atoms with Crippen molar-refractivity contribution in [3.63, 3.8) is 0 Å². The molecule has 1 spiro atoms. The van der Waals surface area contributed by atoms with Crippen LogP contribution in [0, 0.1) is 18.3 Å². The predicted molar refractivity (Wildman–Crippen MR) is 126 cm³/mol. The lowest BCUT2D eigenvalue weighted by atomic mass is 9.77. The topological polar surface area (TPSA) is 129 Å². The summed E-state index contributed by atoms with van der Waals surface area (Å²) in [4.78, 5) is 35.9. The second-order valence-corrected chi connectivity index (χ2v) is 10.0. The molecule has 0 bridgehead atoms. The van der Waals surface area contributed by atoms with Crippen molar-refractivity contribution in [3.05, 3.63) is 34.5 Å². The molecule has 2 atom stereocenters. The van der Waals surface area contributed by atoms with Crippen molar-refractivity contribution in [2.45, 2.75) is 32.3 Å². The monoisotopic (exact) mass is 587 g/mol. The summed E-state index contributed by atoms with van der Waals surface area (Å²) in [5.41, 5.74) is 1.33. The molecule has 17 heteroatoms. The first-order valence-electron chi connectivity index (χ1n) is 11.3. The van der Waals surface area contributed by atoms with E-state index in [0.29, 0.717) is 12.5 Å². The lowest BCUT2D eigenvalue weighted by Gasteiger charge is -2.30. The van der Waals surface area contributed by atoms with E-state index in [-0.39, 0.29) is 5.41 Å². The molecular formula is C22H27F6N5O5S. The van der Waals surface area contributed by atoms with E-state index >= 15 is 0 Å². The zero-order valence-corrected chi connectivity index (χ0v) is 21.7. The molecule has 2 aromatic rings. The van der Waals surface area contributed by atoms with Crippen molar-refractivity contribution in [2.75, 3.05) is 44.7 Å². The van der Waals surface area contributed by atoms with Crippen LogP contribution in [-0.2, 0) is 20.9 Å². The Morgan fingerprint density at radius 1 is 1.10 bits per heavy atom. The van der Waals surface area contributed by atoms with E-state index in [2.05, 4.69) is 37.2 Å². The Balaban J connectivity index is 0.000000317. The Hall–Kier alpha value is -3.05. The van der Waals surface area contributed by atoms with Crippen LogP contribution in [0.4, 0.5) is 32.3 Å². The van der Waals surface area contributed by atoms with Crippen molar-refractivity contribution < 1.29 is 50.9 Å². The van der Waals surface area contributed by atoms with Gasteiger partial charge in [-0.15, -0.1) is 11.3 Å². The van der Waals surface area contributed by atoms with Gasteiger partial charge in [0.05, 0.1) is 23.9 Å². The maximum absolute atomic E-state index is 10.6. The summed E-state index contributed by atoms with van der Waals surface area (Å²) in [7, 11) is 2.22. The van der Waals surface area contributed by atoms with E-state index in [1.54, 1.807) is 11.3 Å². The number of alkyl halides is 6. The number of hydrogen-bond acceptors (Lipinski definition) is 9. The van der Waals surface area contributed by atoms with Gasteiger partial charge in [0.1, 0.15) is 0 Å². The van der Waals surface area contributed by atoms with Gasteiger partial charge in [0.25, 0.3) is 0 Å². The van der Waals surface area contributed by atoms with Crippen molar-refractivity contribution >= 4 is 29.2 Å². The van der Waals surface area contributed by atoms with Crippen LogP contribution in [0.15, 0.2) is 23.8 Å². The molecule has 0 aliphatic carbocycles.